The van der Waals surface area contributed by atoms with Crippen molar-refractivity contribution in [2.24, 2.45) is 17.8 Å². The third kappa shape index (κ3) is 18.2. The molecule has 1 aliphatic carbocycles. The minimum absolute atomic E-state index is 0.00530. The minimum Gasteiger partial charge on any atom is -0.377 e. The van der Waals surface area contributed by atoms with E-state index in [0.717, 1.165) is 49.7 Å². The first-order valence-electron chi connectivity index (χ1n) is 34.4. The van der Waals surface area contributed by atoms with Gasteiger partial charge in [0.1, 0.15) is 71.1 Å². The van der Waals surface area contributed by atoms with Crippen LogP contribution in [0.3, 0.4) is 0 Å². The van der Waals surface area contributed by atoms with Crippen LogP contribution in [0.15, 0.2) is 42.6 Å². The average molecular weight is 1430 g/mol. The normalized spacial score (nSPS) is 26.4. The fourth-order valence-corrected chi connectivity index (χ4v) is 14.1. The zero-order chi connectivity index (χ0) is 75.2. The fraction of sp³-hybridized carbons (Fsp3) is 0.643. The molecule has 101 heavy (non-hydrogen) atoms. The number of amides is 11. The molecular weight excluding hydrogens is 1340 g/mol. The van der Waals surface area contributed by atoms with E-state index in [1.54, 1.807) is 34.6 Å². The SMILES string of the molecule is C=C1CC(=O)N(C)[C@@H](CC(C)C)C(=O)N[C@@H]([C@@H](C)CC)C(=O)N[C@@H](C)C(=O)N2CC[C@H]2C(=O)N2Cc3cc(C(F)(F)F)ccc3C[C@H]2C(=O)N(C)CC(=O)N[C@@H](CCc2cc(F)c(C(F)(F)F)c(F)c2)C(=O)N2C[C@H](OCC)C[C@H]2C(=O)NC2(CCCC2)C(=O)N(C)[C@@H]([C@@H](C)CC)C(=O)N1C. The Bertz CT molecular complexity index is 3470. The number of nitrogens with one attached hydrogen (secondary N) is 4. The first kappa shape index (κ1) is 80.1. The molecule has 11 atom stereocenters. The molecule has 0 aromatic heterocycles. The fourth-order valence-electron chi connectivity index (χ4n) is 14.1. The first-order chi connectivity index (χ1) is 47.2. The van der Waals surface area contributed by atoms with Crippen LogP contribution in [0.5, 0.6) is 0 Å². The number of carbonyl (C=O) groups excluding carboxylic acids is 11. The maximum absolute atomic E-state index is 15.3. The van der Waals surface area contributed by atoms with E-state index in [9.17, 15) is 64.7 Å². The van der Waals surface area contributed by atoms with Crippen LogP contribution in [0.25, 0.3) is 0 Å². The molecule has 3 saturated heterocycles. The second-order valence-electron chi connectivity index (χ2n) is 28.0. The third-order valence-corrected chi connectivity index (χ3v) is 20.5. The average Bonchev–Trinajstić information content (AvgIpc) is 1.60. The Hall–Kier alpha value is -8.25. The summed E-state index contributed by atoms with van der Waals surface area (Å²) in [6, 6.07) is -7.69. The number of alkyl halides is 6. The van der Waals surface area contributed by atoms with Crippen LogP contribution in [0.2, 0.25) is 0 Å². The number of nitrogens with zero attached hydrogens (tertiary/aromatic N) is 7. The minimum atomic E-state index is -5.44. The van der Waals surface area contributed by atoms with Gasteiger partial charge in [0.2, 0.25) is 65.0 Å². The van der Waals surface area contributed by atoms with Gasteiger partial charge in [-0.25, -0.2) is 8.78 Å². The molecule has 4 aliphatic heterocycles. The van der Waals surface area contributed by atoms with Crippen LogP contribution in [0.1, 0.15) is 154 Å². The molecule has 7 rings (SSSR count). The van der Waals surface area contributed by atoms with Crippen molar-refractivity contribution in [3.05, 3.63) is 82.1 Å². The van der Waals surface area contributed by atoms with Crippen molar-refractivity contribution < 1.29 is 92.6 Å². The van der Waals surface area contributed by atoms with Crippen molar-refractivity contribution >= 4 is 65.0 Å². The molecule has 4 fully saturated rings. The number of ether oxygens (including phenoxy) is 1. The molecule has 0 unspecified atom stereocenters. The van der Waals surface area contributed by atoms with Crippen molar-refractivity contribution in [1.29, 1.82) is 0 Å². The highest BCUT2D eigenvalue weighted by atomic mass is 19.4. The standard InChI is InChI=1S/C70H95F8N11O12/c1-14-38(6)57-61(94)79-41(9)62(95)87-26-23-50(87)65(98)88-34-44-31-45(69(73,74)75)21-20-43(44)32-53(88)64(97)83(10)36-54(90)80-49(22-19-42-29-47(71)56(48(72)30-42)70(76,77)78)63(96)89-35-46(101-16-3)33-52(89)60(93)82-68(24-17-18-25-68)67(100)86(13)58(39(7)15-2)66(99)84(11)40(8)28-55(91)85(12)51(27-37(4)5)59(92)81-57/h20-21,29-31,37-39,41,46,49-53,57-58H,8,14-19,22-28,32-36H2,1-7,9-13H3,(H,79,94)(H,80,90)(H,81,92)(H,82,93)/t38-,39-,41-,46+,49-,50-,51-,52-,53-,57-,58-/m0/s1. The number of benzene rings is 2. The molecule has 1 saturated carbocycles. The van der Waals surface area contributed by atoms with Crippen molar-refractivity contribution in [3.8, 4) is 0 Å². The van der Waals surface area contributed by atoms with Gasteiger partial charge in [0.15, 0.2) is 0 Å². The first-order valence-corrected chi connectivity index (χ1v) is 34.4. The van der Waals surface area contributed by atoms with Gasteiger partial charge in [0.05, 0.1) is 24.6 Å². The topological polar surface area (TPSA) is 268 Å². The number of likely N-dealkylation sites (N-methyl/N-ethyl adjacent to an activating group) is 4. The lowest BCUT2D eigenvalue weighted by Crippen LogP contribution is -2.65. The number of hydrogen-bond donors (Lipinski definition) is 4. The summed E-state index contributed by atoms with van der Waals surface area (Å²) < 4.78 is 120. The molecule has 2 aromatic carbocycles. The lowest BCUT2D eigenvalue weighted by atomic mass is 9.89. The van der Waals surface area contributed by atoms with Crippen molar-refractivity contribution in [2.45, 2.75) is 218 Å². The Labute approximate surface area is 583 Å². The van der Waals surface area contributed by atoms with Crippen LogP contribution in [-0.4, -0.2) is 214 Å². The molecule has 11 amide bonds. The maximum atomic E-state index is 15.3. The van der Waals surface area contributed by atoms with E-state index < -0.39 is 211 Å². The second-order valence-corrected chi connectivity index (χ2v) is 28.0. The highest BCUT2D eigenvalue weighted by Gasteiger charge is 2.52. The summed E-state index contributed by atoms with van der Waals surface area (Å²) in [6.45, 7) is 15.9. The number of hydrogen-bond acceptors (Lipinski definition) is 12. The molecule has 0 radical (unpaired) electrons. The molecule has 31 heteroatoms. The highest BCUT2D eigenvalue weighted by Crippen LogP contribution is 2.39. The van der Waals surface area contributed by atoms with E-state index in [1.165, 1.54) is 37.9 Å². The second kappa shape index (κ2) is 32.8. The summed E-state index contributed by atoms with van der Waals surface area (Å²) in [4.78, 5) is 171. The van der Waals surface area contributed by atoms with Gasteiger partial charge in [-0.2, -0.15) is 26.3 Å². The summed E-state index contributed by atoms with van der Waals surface area (Å²) in [6.07, 6.45) is -11.7. The van der Waals surface area contributed by atoms with E-state index in [4.69, 9.17) is 4.74 Å². The molecule has 558 valence electrons. The molecule has 0 bridgehead atoms. The monoisotopic (exact) mass is 1430 g/mol. The molecule has 4 heterocycles. The van der Waals surface area contributed by atoms with E-state index in [-0.39, 0.29) is 80.1 Å². The number of halogens is 8. The predicted octanol–water partition coefficient (Wildman–Crippen LogP) is 6.03. The lowest BCUT2D eigenvalue weighted by Gasteiger charge is -2.46. The Morgan fingerprint density at radius 2 is 1.31 bits per heavy atom. The third-order valence-electron chi connectivity index (χ3n) is 20.5. The molecule has 5 aliphatic rings. The van der Waals surface area contributed by atoms with Crippen LogP contribution >= 0.6 is 0 Å². The smallest absolute Gasteiger partial charge is 0.377 e. The Kier molecular flexibility index (Phi) is 26.0. The van der Waals surface area contributed by atoms with Crippen molar-refractivity contribution in [1.82, 2.24) is 55.6 Å². The van der Waals surface area contributed by atoms with E-state index in [1.807, 2.05) is 13.8 Å². The quantitative estimate of drug-likeness (QED) is 0.188. The lowest BCUT2D eigenvalue weighted by molar-refractivity contribution is -0.159. The number of carbonyl (C=O) groups is 11. The van der Waals surface area contributed by atoms with Crippen molar-refractivity contribution in [3.63, 3.8) is 0 Å². The van der Waals surface area contributed by atoms with Gasteiger partial charge in [0.25, 0.3) is 0 Å². The molecule has 23 nitrogen and oxygen atoms in total. The molecule has 2 aromatic rings. The number of fused-ring (bicyclic) bond motifs is 4. The summed E-state index contributed by atoms with van der Waals surface area (Å²) >= 11 is 0. The van der Waals surface area contributed by atoms with Crippen LogP contribution in [0.4, 0.5) is 35.1 Å². The van der Waals surface area contributed by atoms with Crippen LogP contribution in [-0.2, 0) is 89.2 Å². The Morgan fingerprint density at radius 3 is 1.87 bits per heavy atom. The summed E-state index contributed by atoms with van der Waals surface area (Å²) in [5.74, 6) is -14.4. The van der Waals surface area contributed by atoms with E-state index in [0.29, 0.717) is 37.8 Å². The summed E-state index contributed by atoms with van der Waals surface area (Å²) in [7, 11) is 5.31. The number of rotatable bonds is 11. The van der Waals surface area contributed by atoms with Gasteiger partial charge < -0.3 is 60.3 Å². The zero-order valence-electron chi connectivity index (χ0n) is 59.3. The summed E-state index contributed by atoms with van der Waals surface area (Å²) in [5.41, 5.74) is -5.12. The van der Waals surface area contributed by atoms with Gasteiger partial charge in [0, 0.05) is 73.0 Å². The highest BCUT2D eigenvalue weighted by molar-refractivity contribution is 6.00. The van der Waals surface area contributed by atoms with Crippen molar-refractivity contribution in [2.75, 3.05) is 54.4 Å². The van der Waals surface area contributed by atoms with E-state index in [2.05, 4.69) is 27.8 Å². The molecule has 1 spiro atoms. The Morgan fingerprint density at radius 1 is 0.673 bits per heavy atom. The van der Waals surface area contributed by atoms with Crippen LogP contribution < -0.4 is 21.3 Å². The summed E-state index contributed by atoms with van der Waals surface area (Å²) in [5, 5.41) is 10.9. The Balaban J connectivity index is 1.31. The number of aryl methyl sites for hydroxylation is 1. The molecular formula is C70H95F8N11O12. The van der Waals surface area contributed by atoms with Gasteiger partial charge in [-0.3, -0.25) is 52.7 Å². The van der Waals surface area contributed by atoms with Gasteiger partial charge in [-0.1, -0.05) is 79.9 Å². The van der Waals surface area contributed by atoms with Gasteiger partial charge in [-0.15, -0.1) is 0 Å². The van der Waals surface area contributed by atoms with E-state index >= 15 is 23.2 Å². The maximum Gasteiger partial charge on any atom is 0.422 e. The van der Waals surface area contributed by atoms with Crippen LogP contribution in [0, 0.1) is 29.4 Å². The van der Waals surface area contributed by atoms with Gasteiger partial charge >= 0.3 is 12.4 Å². The predicted molar refractivity (Wildman–Crippen MR) is 351 cm³/mol. The molecule has 4 N–H and O–H groups in total. The van der Waals surface area contributed by atoms with Gasteiger partial charge in [-0.05, 0) is 111 Å². The zero-order valence-corrected chi connectivity index (χ0v) is 59.3. The largest absolute Gasteiger partial charge is 0.422 e.